The molecule has 6 heteroatoms. The fourth-order valence-corrected chi connectivity index (χ4v) is 3.36. The number of carbonyl (C=O) groups excluding carboxylic acids is 1. The van der Waals surface area contributed by atoms with E-state index in [1.165, 1.54) is 18.2 Å². The highest BCUT2D eigenvalue weighted by molar-refractivity contribution is 6.34. The summed E-state index contributed by atoms with van der Waals surface area (Å²) >= 11 is 6.00. The van der Waals surface area contributed by atoms with E-state index in [0.717, 1.165) is 28.0 Å². The Kier molecular flexibility index (Phi) is 4.61. The molecule has 0 unspecified atom stereocenters. The van der Waals surface area contributed by atoms with Gasteiger partial charge in [-0.05, 0) is 49.2 Å². The maximum atomic E-state index is 14.0. The van der Waals surface area contributed by atoms with Crippen LogP contribution in [0.1, 0.15) is 21.5 Å². The second-order valence-corrected chi connectivity index (χ2v) is 7.04. The quantitative estimate of drug-likeness (QED) is 0.488. The van der Waals surface area contributed by atoms with Gasteiger partial charge < -0.3 is 9.72 Å². The first-order chi connectivity index (χ1) is 13.4. The molecule has 0 saturated heterocycles. The molecule has 4 nitrogen and oxygen atoms in total. The molecule has 2 heterocycles. The Labute approximate surface area is 166 Å². The molecule has 0 aliphatic rings. The summed E-state index contributed by atoms with van der Waals surface area (Å²) in [6, 6.07) is 13.8. The smallest absolute Gasteiger partial charge is 0.260 e. The van der Waals surface area contributed by atoms with Crippen molar-refractivity contribution in [2.24, 2.45) is 0 Å². The maximum absolute atomic E-state index is 14.0. The molecular formula is C22H17ClFN3O. The largest absolute Gasteiger partial charge is 0.322 e. The summed E-state index contributed by atoms with van der Waals surface area (Å²) in [6.07, 6.45) is 3.88. The summed E-state index contributed by atoms with van der Waals surface area (Å²) < 4.78 is 16.0. The van der Waals surface area contributed by atoms with Crippen LogP contribution in [0.4, 0.5) is 10.1 Å². The first kappa shape index (κ1) is 18.2. The van der Waals surface area contributed by atoms with Gasteiger partial charge in [-0.3, -0.25) is 4.79 Å². The predicted molar refractivity (Wildman–Crippen MR) is 109 cm³/mol. The Bertz CT molecular complexity index is 1200. The standard InChI is InChI=1S/C22H17ClFN3O/c1-13-8-9-15(19-12-27-10-4-5-14(2)21(27)25-19)11-18(13)26-22(28)20-16(23)6-3-7-17(20)24/h3-12H,1-2H3,(H,26,28). The number of amides is 1. The molecule has 2 aromatic heterocycles. The molecule has 0 atom stereocenters. The molecule has 0 spiro atoms. The molecule has 1 N–H and O–H groups in total. The number of aromatic nitrogens is 2. The highest BCUT2D eigenvalue weighted by Gasteiger charge is 2.17. The summed E-state index contributed by atoms with van der Waals surface area (Å²) in [5.41, 5.74) is 4.85. The van der Waals surface area contributed by atoms with Gasteiger partial charge in [0.1, 0.15) is 11.5 Å². The van der Waals surface area contributed by atoms with Gasteiger partial charge in [0.25, 0.3) is 5.91 Å². The van der Waals surface area contributed by atoms with Crippen LogP contribution < -0.4 is 5.32 Å². The highest BCUT2D eigenvalue weighted by atomic mass is 35.5. The van der Waals surface area contributed by atoms with Crippen molar-refractivity contribution >= 4 is 28.8 Å². The molecule has 0 fully saturated rings. The number of halogens is 2. The molecule has 0 aliphatic heterocycles. The average Bonchev–Trinajstić information content (AvgIpc) is 3.09. The van der Waals surface area contributed by atoms with Gasteiger partial charge in [-0.2, -0.15) is 0 Å². The summed E-state index contributed by atoms with van der Waals surface area (Å²) in [7, 11) is 0. The third-order valence-electron chi connectivity index (χ3n) is 4.65. The van der Waals surface area contributed by atoms with Gasteiger partial charge in [-0.1, -0.05) is 35.9 Å². The number of carbonyl (C=O) groups is 1. The van der Waals surface area contributed by atoms with Gasteiger partial charge in [0.2, 0.25) is 0 Å². The van der Waals surface area contributed by atoms with Crippen molar-refractivity contribution in [3.8, 4) is 11.3 Å². The van der Waals surface area contributed by atoms with Crippen molar-refractivity contribution in [1.29, 1.82) is 0 Å². The second kappa shape index (κ2) is 7.09. The van der Waals surface area contributed by atoms with Crippen LogP contribution >= 0.6 is 11.6 Å². The topological polar surface area (TPSA) is 46.4 Å². The number of nitrogens with one attached hydrogen (secondary N) is 1. The normalized spacial score (nSPS) is 11.0. The third-order valence-corrected chi connectivity index (χ3v) is 4.96. The number of anilines is 1. The minimum absolute atomic E-state index is 0.0714. The first-order valence-electron chi connectivity index (χ1n) is 8.75. The molecule has 2 aromatic carbocycles. The van der Waals surface area contributed by atoms with E-state index in [9.17, 15) is 9.18 Å². The van der Waals surface area contributed by atoms with Crippen LogP contribution in [0, 0.1) is 19.7 Å². The number of fused-ring (bicyclic) bond motifs is 1. The number of rotatable bonds is 3. The summed E-state index contributed by atoms with van der Waals surface area (Å²) in [6.45, 7) is 3.88. The van der Waals surface area contributed by atoms with Gasteiger partial charge in [-0.15, -0.1) is 0 Å². The van der Waals surface area contributed by atoms with Crippen molar-refractivity contribution in [3.05, 3.63) is 88.5 Å². The lowest BCUT2D eigenvalue weighted by Gasteiger charge is -2.11. The van der Waals surface area contributed by atoms with E-state index < -0.39 is 11.7 Å². The van der Waals surface area contributed by atoms with E-state index >= 15 is 0 Å². The van der Waals surface area contributed by atoms with Crippen LogP contribution in [0.15, 0.2) is 60.9 Å². The fourth-order valence-electron chi connectivity index (χ4n) is 3.11. The van der Waals surface area contributed by atoms with E-state index in [2.05, 4.69) is 10.3 Å². The number of pyridine rings is 1. The molecule has 0 saturated carbocycles. The van der Waals surface area contributed by atoms with Crippen LogP contribution in [0.2, 0.25) is 5.02 Å². The number of nitrogens with zero attached hydrogens (tertiary/aromatic N) is 2. The summed E-state index contributed by atoms with van der Waals surface area (Å²) in [4.78, 5) is 17.3. The monoisotopic (exact) mass is 393 g/mol. The molecule has 4 aromatic rings. The maximum Gasteiger partial charge on any atom is 0.260 e. The van der Waals surface area contributed by atoms with Crippen LogP contribution in [-0.4, -0.2) is 15.3 Å². The zero-order valence-electron chi connectivity index (χ0n) is 15.3. The van der Waals surface area contributed by atoms with Crippen molar-refractivity contribution in [2.75, 3.05) is 5.32 Å². The Balaban J connectivity index is 1.71. The van der Waals surface area contributed by atoms with Crippen LogP contribution in [-0.2, 0) is 0 Å². The van der Waals surface area contributed by atoms with E-state index in [4.69, 9.17) is 11.6 Å². The van der Waals surface area contributed by atoms with Crippen molar-refractivity contribution in [1.82, 2.24) is 9.38 Å². The lowest BCUT2D eigenvalue weighted by Crippen LogP contribution is -2.15. The van der Waals surface area contributed by atoms with Crippen LogP contribution in [0.5, 0.6) is 0 Å². The third kappa shape index (κ3) is 3.25. The molecule has 0 aliphatic carbocycles. The van der Waals surface area contributed by atoms with Crippen molar-refractivity contribution < 1.29 is 9.18 Å². The lowest BCUT2D eigenvalue weighted by atomic mass is 10.1. The summed E-state index contributed by atoms with van der Waals surface area (Å²) in [5, 5.41) is 2.84. The lowest BCUT2D eigenvalue weighted by molar-refractivity contribution is 0.102. The fraction of sp³-hybridized carbons (Fsp3) is 0.0909. The minimum atomic E-state index is -0.658. The zero-order chi connectivity index (χ0) is 19.8. The Morgan fingerprint density at radius 2 is 1.93 bits per heavy atom. The molecule has 0 bridgehead atoms. The molecule has 1 amide bonds. The van der Waals surface area contributed by atoms with Gasteiger partial charge >= 0.3 is 0 Å². The molecule has 140 valence electrons. The zero-order valence-corrected chi connectivity index (χ0v) is 16.1. The number of hydrogen-bond acceptors (Lipinski definition) is 2. The van der Waals surface area contributed by atoms with Gasteiger partial charge in [0.15, 0.2) is 0 Å². The number of aryl methyl sites for hydroxylation is 2. The predicted octanol–water partition coefficient (Wildman–Crippen LogP) is 5.66. The molecule has 4 rings (SSSR count). The number of imidazole rings is 1. The van der Waals surface area contributed by atoms with E-state index in [1.807, 2.05) is 61.0 Å². The number of hydrogen-bond donors (Lipinski definition) is 1. The molecular weight excluding hydrogens is 377 g/mol. The first-order valence-corrected chi connectivity index (χ1v) is 9.12. The van der Waals surface area contributed by atoms with Gasteiger partial charge in [-0.25, -0.2) is 9.37 Å². The Morgan fingerprint density at radius 1 is 1.11 bits per heavy atom. The van der Waals surface area contributed by atoms with E-state index in [0.29, 0.717) is 5.69 Å². The summed E-state index contributed by atoms with van der Waals surface area (Å²) in [5.74, 6) is -1.25. The SMILES string of the molecule is Cc1ccc(-c2cn3cccc(C)c3n2)cc1NC(=O)c1c(F)cccc1Cl. The van der Waals surface area contributed by atoms with Crippen molar-refractivity contribution in [2.45, 2.75) is 13.8 Å². The van der Waals surface area contributed by atoms with Crippen LogP contribution in [0.25, 0.3) is 16.9 Å². The minimum Gasteiger partial charge on any atom is -0.322 e. The second-order valence-electron chi connectivity index (χ2n) is 6.63. The van der Waals surface area contributed by atoms with E-state index in [-0.39, 0.29) is 10.6 Å². The van der Waals surface area contributed by atoms with Gasteiger partial charge in [0.05, 0.1) is 16.3 Å². The van der Waals surface area contributed by atoms with Gasteiger partial charge in [0, 0.05) is 23.6 Å². The highest BCUT2D eigenvalue weighted by Crippen LogP contribution is 2.27. The molecule has 0 radical (unpaired) electrons. The Morgan fingerprint density at radius 3 is 2.68 bits per heavy atom. The van der Waals surface area contributed by atoms with E-state index in [1.54, 1.807) is 0 Å². The molecule has 28 heavy (non-hydrogen) atoms. The van der Waals surface area contributed by atoms with Crippen molar-refractivity contribution in [3.63, 3.8) is 0 Å². The Hall–Kier alpha value is -3.18. The number of benzene rings is 2. The van der Waals surface area contributed by atoms with Crippen LogP contribution in [0.3, 0.4) is 0 Å². The average molecular weight is 394 g/mol.